The zero-order valence-corrected chi connectivity index (χ0v) is 15.2. The van der Waals surface area contributed by atoms with Crippen molar-refractivity contribution < 1.29 is 44.0 Å². The van der Waals surface area contributed by atoms with Gasteiger partial charge in [-0.3, -0.25) is 0 Å². The minimum Gasteiger partial charge on any atom is -1.00 e. The molecule has 0 N–H and O–H groups in total. The molecule has 2 aliphatic carbocycles. The SMILES string of the molecule is CCC1=CC=C[C]1(C)[Ti+2][C]1(C)C=CC=C1CC.[Cl-].[Cl-]. The molecule has 0 saturated heterocycles. The average Bonchev–Trinajstić information content (AvgIpc) is 2.81. The molecule has 0 radical (unpaired) electrons. The third-order valence-corrected chi connectivity index (χ3v) is 7.21. The van der Waals surface area contributed by atoms with Crippen LogP contribution in [0.5, 0.6) is 0 Å². The minimum atomic E-state index is -0.110. The summed E-state index contributed by atoms with van der Waals surface area (Å²) in [5, 5.41) is 0. The van der Waals surface area contributed by atoms with Crippen molar-refractivity contribution in [2.75, 3.05) is 0 Å². The number of halogens is 2. The molecule has 0 amide bonds. The molecule has 0 saturated carbocycles. The van der Waals surface area contributed by atoms with Crippen molar-refractivity contribution in [2.24, 2.45) is 0 Å². The van der Waals surface area contributed by atoms with E-state index in [1.54, 1.807) is 11.1 Å². The largest absolute Gasteiger partial charge is 1.00 e. The Kier molecular flexibility index (Phi) is 7.41. The monoisotopic (exact) mass is 332 g/mol. The maximum Gasteiger partial charge on any atom is -1.00 e. The van der Waals surface area contributed by atoms with Crippen LogP contribution in [0.2, 0.25) is 7.44 Å². The fourth-order valence-corrected chi connectivity index (χ4v) is 6.59. The van der Waals surface area contributed by atoms with Gasteiger partial charge in [-0.1, -0.05) is 0 Å². The predicted molar refractivity (Wildman–Crippen MR) is 71.8 cm³/mol. The van der Waals surface area contributed by atoms with Crippen molar-refractivity contribution in [3.05, 3.63) is 47.6 Å². The van der Waals surface area contributed by atoms with Gasteiger partial charge in [-0.25, -0.2) is 0 Å². The molecule has 0 spiro atoms. The molecule has 2 rings (SSSR count). The van der Waals surface area contributed by atoms with E-state index in [1.807, 2.05) is 0 Å². The summed E-state index contributed by atoms with van der Waals surface area (Å²) in [6.07, 6.45) is 16.5. The Morgan fingerprint density at radius 1 is 0.842 bits per heavy atom. The molecule has 0 aromatic rings. The summed E-state index contributed by atoms with van der Waals surface area (Å²) in [4.78, 5) is 0. The zero-order chi connectivity index (χ0) is 12.5. The molecule has 2 unspecified atom stereocenters. The molecule has 0 aliphatic heterocycles. The van der Waals surface area contributed by atoms with Gasteiger partial charge in [-0.05, 0) is 0 Å². The van der Waals surface area contributed by atoms with E-state index < -0.39 is 0 Å². The molecular weight excluding hydrogens is 311 g/mol. The van der Waals surface area contributed by atoms with Gasteiger partial charge >= 0.3 is 115 Å². The number of hydrogen-bond acceptors (Lipinski definition) is 0. The van der Waals surface area contributed by atoms with Gasteiger partial charge in [-0.15, -0.1) is 0 Å². The first-order valence-corrected chi connectivity index (χ1v) is 8.17. The van der Waals surface area contributed by atoms with Gasteiger partial charge in [0.15, 0.2) is 0 Å². The standard InChI is InChI=1S/2C8H11.2ClH.Ti/c2*1-3-8-6-4-5-7(8)2;;;/h2*4-6H,3H2,1-2H3;2*1H;/q;;;;+2/p-2. The number of allylic oxidation sites excluding steroid dienone is 8. The molecule has 19 heavy (non-hydrogen) atoms. The molecule has 104 valence electrons. The summed E-state index contributed by atoms with van der Waals surface area (Å²) < 4.78 is 0.763. The van der Waals surface area contributed by atoms with Gasteiger partial charge in [-0.2, -0.15) is 0 Å². The van der Waals surface area contributed by atoms with E-state index in [-0.39, 0.29) is 44.0 Å². The quantitative estimate of drug-likeness (QED) is 0.594. The van der Waals surface area contributed by atoms with Crippen molar-refractivity contribution in [3.63, 3.8) is 0 Å². The molecule has 0 bridgehead atoms. The first-order chi connectivity index (χ1) is 8.04. The van der Waals surface area contributed by atoms with Gasteiger partial charge in [0.1, 0.15) is 0 Å². The molecular formula is C16H22Cl2Ti. The Balaban J connectivity index is 0.00000162. The van der Waals surface area contributed by atoms with E-state index in [4.69, 9.17) is 0 Å². The fourth-order valence-electron chi connectivity index (χ4n) is 3.03. The van der Waals surface area contributed by atoms with Gasteiger partial charge in [0, 0.05) is 0 Å². The predicted octanol–water partition coefficient (Wildman–Crippen LogP) is -0.753. The van der Waals surface area contributed by atoms with E-state index in [0.29, 0.717) is 7.44 Å². The topological polar surface area (TPSA) is 0 Å². The maximum absolute atomic E-state index is 2.44. The number of hydrogen-bond donors (Lipinski definition) is 0. The first-order valence-electron chi connectivity index (χ1n) is 6.61. The Labute approximate surface area is 139 Å². The van der Waals surface area contributed by atoms with Crippen LogP contribution in [0.1, 0.15) is 40.5 Å². The van der Waals surface area contributed by atoms with Crippen LogP contribution in [-0.2, 0) is 19.2 Å². The normalized spacial score (nSPS) is 31.2. The van der Waals surface area contributed by atoms with Crippen LogP contribution in [0, 0.1) is 0 Å². The van der Waals surface area contributed by atoms with Gasteiger partial charge in [0.05, 0.1) is 0 Å². The summed E-state index contributed by atoms with van der Waals surface area (Å²) in [5.41, 5.74) is 3.27. The summed E-state index contributed by atoms with van der Waals surface area (Å²) in [5.74, 6) is 0. The van der Waals surface area contributed by atoms with Gasteiger partial charge in [0.2, 0.25) is 0 Å². The smallest absolute Gasteiger partial charge is 1.00 e. The molecule has 0 aromatic carbocycles. The summed E-state index contributed by atoms with van der Waals surface area (Å²) >= 11 is -0.110. The van der Waals surface area contributed by atoms with Crippen molar-refractivity contribution in [1.82, 2.24) is 0 Å². The van der Waals surface area contributed by atoms with Crippen molar-refractivity contribution in [2.45, 2.75) is 48.0 Å². The van der Waals surface area contributed by atoms with Crippen LogP contribution in [-0.4, -0.2) is 0 Å². The van der Waals surface area contributed by atoms with Gasteiger partial charge < -0.3 is 24.8 Å². The van der Waals surface area contributed by atoms with Crippen LogP contribution >= 0.6 is 0 Å². The van der Waals surface area contributed by atoms with Crippen LogP contribution in [0.25, 0.3) is 0 Å². The Morgan fingerprint density at radius 2 is 1.21 bits per heavy atom. The molecule has 0 fully saturated rings. The average molecular weight is 333 g/mol. The van der Waals surface area contributed by atoms with Crippen LogP contribution in [0.4, 0.5) is 0 Å². The summed E-state index contributed by atoms with van der Waals surface area (Å²) in [7, 11) is 0. The second kappa shape index (κ2) is 7.32. The zero-order valence-electron chi connectivity index (χ0n) is 12.1. The van der Waals surface area contributed by atoms with Gasteiger partial charge in [0.25, 0.3) is 0 Å². The van der Waals surface area contributed by atoms with E-state index in [0.717, 1.165) is 0 Å². The van der Waals surface area contributed by atoms with E-state index in [9.17, 15) is 0 Å². The van der Waals surface area contributed by atoms with Crippen LogP contribution in [0.15, 0.2) is 47.6 Å². The van der Waals surface area contributed by atoms with Crippen molar-refractivity contribution in [1.29, 1.82) is 0 Å². The second-order valence-corrected chi connectivity index (χ2v) is 8.97. The third-order valence-electron chi connectivity index (χ3n) is 4.07. The summed E-state index contributed by atoms with van der Waals surface area (Å²) in [6.45, 7) is 9.45. The van der Waals surface area contributed by atoms with Crippen molar-refractivity contribution in [3.8, 4) is 0 Å². The molecule has 3 heteroatoms. The first kappa shape index (κ1) is 19.3. The Bertz CT molecular complexity index is 394. The molecule has 0 aromatic heterocycles. The maximum atomic E-state index is 2.44. The van der Waals surface area contributed by atoms with E-state index >= 15 is 0 Å². The number of rotatable bonds is 4. The Hall–Kier alpha value is 0.254. The molecule has 2 atom stereocenters. The third kappa shape index (κ3) is 3.67. The molecule has 0 heterocycles. The summed E-state index contributed by atoms with van der Waals surface area (Å²) in [6, 6.07) is 0. The van der Waals surface area contributed by atoms with Crippen molar-refractivity contribution >= 4 is 0 Å². The molecule has 0 nitrogen and oxygen atoms in total. The van der Waals surface area contributed by atoms with Crippen LogP contribution in [0.3, 0.4) is 0 Å². The Morgan fingerprint density at radius 3 is 1.53 bits per heavy atom. The van der Waals surface area contributed by atoms with E-state index in [2.05, 4.69) is 64.2 Å². The second-order valence-electron chi connectivity index (χ2n) is 5.34. The van der Waals surface area contributed by atoms with Crippen LogP contribution < -0.4 is 24.8 Å². The van der Waals surface area contributed by atoms with E-state index in [1.165, 1.54) is 12.8 Å². The molecule has 2 aliphatic rings. The fraction of sp³-hybridized carbons (Fsp3) is 0.500. The minimum absolute atomic E-state index is 0.